The highest BCUT2D eigenvalue weighted by Crippen LogP contribution is 2.39. The summed E-state index contributed by atoms with van der Waals surface area (Å²) in [4.78, 5) is 9.40. The van der Waals surface area contributed by atoms with Crippen LogP contribution in [0.2, 0.25) is 0 Å². The monoisotopic (exact) mass is 330 g/mol. The van der Waals surface area contributed by atoms with Crippen LogP contribution in [0, 0.1) is 6.92 Å². The van der Waals surface area contributed by atoms with Gasteiger partial charge in [-0.1, -0.05) is 36.4 Å². The van der Waals surface area contributed by atoms with E-state index in [4.69, 9.17) is 4.98 Å². The Labute approximate surface area is 148 Å². The molecule has 0 atom stereocenters. The Balaban J connectivity index is 1.66. The molecule has 2 aromatic carbocycles. The van der Waals surface area contributed by atoms with Gasteiger partial charge in [-0.15, -0.1) is 0 Å². The first kappa shape index (κ1) is 15.8. The fourth-order valence-electron chi connectivity index (χ4n) is 3.09. The van der Waals surface area contributed by atoms with Gasteiger partial charge in [-0.25, -0.2) is 15.0 Å². The topological polar surface area (TPSA) is 41.4 Å². The highest BCUT2D eigenvalue weighted by molar-refractivity contribution is 5.83. The summed E-state index contributed by atoms with van der Waals surface area (Å²) < 4.78 is 0. The fourth-order valence-corrected chi connectivity index (χ4v) is 3.09. The van der Waals surface area contributed by atoms with Crippen LogP contribution in [0.25, 0.3) is 10.8 Å². The molecule has 0 aliphatic heterocycles. The van der Waals surface area contributed by atoms with E-state index in [-0.39, 0.29) is 0 Å². The SMILES string of the molecule is CC=NN(Cc1ccc2ccccc2c1)c1nc(C)cc(C2CC2)n1. The van der Waals surface area contributed by atoms with Crippen LogP contribution in [0.4, 0.5) is 5.95 Å². The molecule has 1 aromatic heterocycles. The molecule has 1 heterocycles. The van der Waals surface area contributed by atoms with Crippen molar-refractivity contribution in [2.24, 2.45) is 5.10 Å². The Hall–Kier alpha value is -2.75. The average Bonchev–Trinajstić information content (AvgIpc) is 3.46. The van der Waals surface area contributed by atoms with Crippen molar-refractivity contribution in [3.05, 3.63) is 65.5 Å². The molecule has 1 saturated carbocycles. The lowest BCUT2D eigenvalue weighted by Crippen LogP contribution is -2.19. The quantitative estimate of drug-likeness (QED) is 0.497. The van der Waals surface area contributed by atoms with Crippen LogP contribution < -0.4 is 5.01 Å². The summed E-state index contributed by atoms with van der Waals surface area (Å²) >= 11 is 0. The zero-order chi connectivity index (χ0) is 17.2. The van der Waals surface area contributed by atoms with E-state index in [0.29, 0.717) is 18.4 Å². The zero-order valence-electron chi connectivity index (χ0n) is 14.7. The molecule has 0 amide bonds. The van der Waals surface area contributed by atoms with Gasteiger partial charge in [0.15, 0.2) is 0 Å². The molecule has 126 valence electrons. The molecule has 0 unspecified atom stereocenters. The highest BCUT2D eigenvalue weighted by atomic mass is 15.5. The van der Waals surface area contributed by atoms with Crippen LogP contribution in [0.1, 0.15) is 42.6 Å². The number of anilines is 1. The fraction of sp³-hybridized carbons (Fsp3) is 0.286. The van der Waals surface area contributed by atoms with E-state index in [1.54, 1.807) is 6.21 Å². The third-order valence-corrected chi connectivity index (χ3v) is 4.49. The lowest BCUT2D eigenvalue weighted by Gasteiger charge is -2.18. The highest BCUT2D eigenvalue weighted by Gasteiger charge is 2.26. The minimum atomic E-state index is 0.605. The molecule has 0 saturated heterocycles. The van der Waals surface area contributed by atoms with E-state index < -0.39 is 0 Å². The molecule has 4 nitrogen and oxygen atoms in total. The van der Waals surface area contributed by atoms with Crippen molar-refractivity contribution in [3.8, 4) is 0 Å². The Morgan fingerprint density at radius 1 is 1.08 bits per heavy atom. The van der Waals surface area contributed by atoms with Gasteiger partial charge in [0.25, 0.3) is 0 Å². The van der Waals surface area contributed by atoms with E-state index >= 15 is 0 Å². The standard InChI is InChI=1S/C21H22N4/c1-3-22-25(21-23-15(2)12-20(24-21)18-10-11-18)14-16-8-9-17-6-4-5-7-19(17)13-16/h3-9,12-13,18H,10-11,14H2,1-2H3. The van der Waals surface area contributed by atoms with Crippen molar-refractivity contribution in [2.75, 3.05) is 5.01 Å². The molecule has 1 aliphatic carbocycles. The van der Waals surface area contributed by atoms with Crippen LogP contribution in [0.15, 0.2) is 53.6 Å². The van der Waals surface area contributed by atoms with Crippen LogP contribution in [-0.4, -0.2) is 16.2 Å². The van der Waals surface area contributed by atoms with Gasteiger partial charge in [-0.2, -0.15) is 5.10 Å². The summed E-state index contributed by atoms with van der Waals surface area (Å²) in [5.41, 5.74) is 3.35. The average molecular weight is 330 g/mol. The van der Waals surface area contributed by atoms with Gasteiger partial charge >= 0.3 is 0 Å². The molecule has 4 heteroatoms. The smallest absolute Gasteiger partial charge is 0.228 e. The van der Waals surface area contributed by atoms with Crippen LogP contribution in [0.3, 0.4) is 0 Å². The normalized spacial score (nSPS) is 14.3. The lowest BCUT2D eigenvalue weighted by molar-refractivity contribution is 0.794. The first-order valence-corrected chi connectivity index (χ1v) is 8.82. The molecule has 3 aromatic rings. The number of fused-ring (bicyclic) bond motifs is 1. The Morgan fingerprint density at radius 2 is 1.88 bits per heavy atom. The maximum absolute atomic E-state index is 4.77. The number of aromatic nitrogens is 2. The van der Waals surface area contributed by atoms with E-state index in [2.05, 4.69) is 58.6 Å². The lowest BCUT2D eigenvalue weighted by atomic mass is 10.1. The first-order valence-electron chi connectivity index (χ1n) is 8.82. The molecule has 0 bridgehead atoms. The van der Waals surface area contributed by atoms with Crippen LogP contribution in [-0.2, 0) is 6.54 Å². The summed E-state index contributed by atoms with van der Waals surface area (Å²) in [6, 6.07) is 17.0. The number of nitrogens with zero attached hydrogens (tertiary/aromatic N) is 4. The summed E-state index contributed by atoms with van der Waals surface area (Å²) in [6.45, 7) is 4.61. The zero-order valence-corrected chi connectivity index (χ0v) is 14.7. The minimum Gasteiger partial charge on any atom is -0.228 e. The molecule has 0 N–H and O–H groups in total. The molecule has 0 radical (unpaired) electrons. The molecule has 1 aliphatic rings. The Kier molecular flexibility index (Phi) is 4.18. The van der Waals surface area contributed by atoms with Crippen molar-refractivity contribution in [3.63, 3.8) is 0 Å². The second-order valence-electron chi connectivity index (χ2n) is 6.62. The van der Waals surface area contributed by atoms with E-state index in [1.807, 2.05) is 18.9 Å². The number of rotatable bonds is 5. The molecule has 4 rings (SSSR count). The van der Waals surface area contributed by atoms with Crippen molar-refractivity contribution in [1.29, 1.82) is 0 Å². The van der Waals surface area contributed by atoms with Gasteiger partial charge in [0, 0.05) is 23.5 Å². The molecule has 0 spiro atoms. The van der Waals surface area contributed by atoms with Gasteiger partial charge in [-0.05, 0) is 55.2 Å². The summed E-state index contributed by atoms with van der Waals surface area (Å²) in [6.07, 6.45) is 4.26. The maximum atomic E-state index is 4.77. The van der Waals surface area contributed by atoms with Crippen molar-refractivity contribution in [2.45, 2.75) is 39.2 Å². The van der Waals surface area contributed by atoms with Gasteiger partial charge < -0.3 is 0 Å². The summed E-state index contributed by atoms with van der Waals surface area (Å²) in [5.74, 6) is 1.29. The second kappa shape index (κ2) is 6.63. The number of aryl methyl sites for hydroxylation is 1. The largest absolute Gasteiger partial charge is 0.246 e. The molecular weight excluding hydrogens is 308 g/mol. The molecule has 25 heavy (non-hydrogen) atoms. The van der Waals surface area contributed by atoms with Gasteiger partial charge in [0.2, 0.25) is 5.95 Å². The van der Waals surface area contributed by atoms with Crippen molar-refractivity contribution < 1.29 is 0 Å². The van der Waals surface area contributed by atoms with Gasteiger partial charge in [-0.3, -0.25) is 0 Å². The predicted molar refractivity (Wildman–Crippen MR) is 103 cm³/mol. The minimum absolute atomic E-state index is 0.605. The van der Waals surface area contributed by atoms with Gasteiger partial charge in [0.1, 0.15) is 0 Å². The third kappa shape index (κ3) is 3.53. The Morgan fingerprint density at radius 3 is 2.64 bits per heavy atom. The molecule has 1 fully saturated rings. The summed E-state index contributed by atoms with van der Waals surface area (Å²) in [7, 11) is 0. The van der Waals surface area contributed by atoms with E-state index in [1.165, 1.54) is 29.2 Å². The van der Waals surface area contributed by atoms with E-state index in [9.17, 15) is 0 Å². The van der Waals surface area contributed by atoms with Crippen LogP contribution in [0.5, 0.6) is 0 Å². The Bertz CT molecular complexity index is 928. The molecular formula is C21H22N4. The van der Waals surface area contributed by atoms with E-state index in [0.717, 1.165) is 11.4 Å². The number of benzene rings is 2. The summed E-state index contributed by atoms with van der Waals surface area (Å²) in [5, 5.41) is 8.90. The number of hydrogen-bond acceptors (Lipinski definition) is 4. The number of hydrogen-bond donors (Lipinski definition) is 0. The van der Waals surface area contributed by atoms with Crippen LogP contribution >= 0.6 is 0 Å². The van der Waals surface area contributed by atoms with Crippen molar-refractivity contribution >= 4 is 22.9 Å². The van der Waals surface area contributed by atoms with Gasteiger partial charge in [0.05, 0.1) is 6.54 Å². The van der Waals surface area contributed by atoms with Crippen molar-refractivity contribution in [1.82, 2.24) is 9.97 Å². The third-order valence-electron chi connectivity index (χ3n) is 4.49. The second-order valence-corrected chi connectivity index (χ2v) is 6.62. The maximum Gasteiger partial charge on any atom is 0.246 e. The first-order chi connectivity index (χ1) is 12.2. The predicted octanol–water partition coefficient (Wildman–Crippen LogP) is 4.83. The number of hydrazone groups is 1.